The van der Waals surface area contributed by atoms with Crippen molar-refractivity contribution in [2.45, 2.75) is 6.92 Å². The molecular formula is C19H18N2. The highest BCUT2D eigenvalue weighted by atomic mass is 14.9. The molecule has 0 saturated heterocycles. The van der Waals surface area contributed by atoms with E-state index in [-0.39, 0.29) is 0 Å². The molecule has 0 aliphatic heterocycles. The number of hydrogen-bond acceptors (Lipinski definition) is 2. The van der Waals surface area contributed by atoms with Crippen molar-refractivity contribution < 1.29 is 0 Å². The minimum Gasteiger partial charge on any atom is -0.355 e. The van der Waals surface area contributed by atoms with E-state index in [9.17, 15) is 0 Å². The van der Waals surface area contributed by atoms with Crippen LogP contribution >= 0.6 is 0 Å². The van der Waals surface area contributed by atoms with Gasteiger partial charge in [0.1, 0.15) is 0 Å². The van der Waals surface area contributed by atoms with Gasteiger partial charge in [0, 0.05) is 22.7 Å². The zero-order chi connectivity index (χ0) is 14.5. The second-order valence-electron chi connectivity index (χ2n) is 5.01. The number of aryl methyl sites for hydroxylation is 1. The molecule has 0 aromatic heterocycles. The van der Waals surface area contributed by atoms with E-state index in [0.717, 1.165) is 22.7 Å². The lowest BCUT2D eigenvalue weighted by Crippen LogP contribution is -1.95. The van der Waals surface area contributed by atoms with Crippen LogP contribution in [0.3, 0.4) is 0 Å². The Kier molecular flexibility index (Phi) is 3.88. The summed E-state index contributed by atoms with van der Waals surface area (Å²) in [5.74, 6) is 0. The lowest BCUT2D eigenvalue weighted by Gasteiger charge is -2.13. The predicted molar refractivity (Wildman–Crippen MR) is 90.6 cm³/mol. The van der Waals surface area contributed by atoms with Crippen molar-refractivity contribution in [2.24, 2.45) is 0 Å². The lowest BCUT2D eigenvalue weighted by molar-refractivity contribution is 1.42. The quantitative estimate of drug-likeness (QED) is 0.658. The first-order chi connectivity index (χ1) is 10.3. The number of benzene rings is 3. The van der Waals surface area contributed by atoms with Gasteiger partial charge in [-0.15, -0.1) is 0 Å². The summed E-state index contributed by atoms with van der Waals surface area (Å²) < 4.78 is 0. The molecule has 104 valence electrons. The van der Waals surface area contributed by atoms with Gasteiger partial charge in [-0.2, -0.15) is 0 Å². The van der Waals surface area contributed by atoms with E-state index < -0.39 is 0 Å². The van der Waals surface area contributed by atoms with Crippen LogP contribution in [0.15, 0.2) is 78.9 Å². The first-order valence-corrected chi connectivity index (χ1v) is 7.06. The average Bonchev–Trinajstić information content (AvgIpc) is 2.53. The predicted octanol–water partition coefficient (Wildman–Crippen LogP) is 5.48. The van der Waals surface area contributed by atoms with Crippen molar-refractivity contribution >= 4 is 22.7 Å². The first-order valence-electron chi connectivity index (χ1n) is 7.06. The van der Waals surface area contributed by atoms with Gasteiger partial charge in [-0.05, 0) is 48.9 Å². The zero-order valence-corrected chi connectivity index (χ0v) is 12.0. The fourth-order valence-electron chi connectivity index (χ4n) is 2.20. The topological polar surface area (TPSA) is 24.1 Å². The Bertz CT molecular complexity index is 706. The summed E-state index contributed by atoms with van der Waals surface area (Å²) in [4.78, 5) is 0. The van der Waals surface area contributed by atoms with E-state index in [1.807, 2.05) is 36.4 Å². The smallest absolute Gasteiger partial charge is 0.0434 e. The van der Waals surface area contributed by atoms with E-state index in [0.29, 0.717) is 0 Å². The molecule has 0 spiro atoms. The maximum atomic E-state index is 3.46. The van der Waals surface area contributed by atoms with Gasteiger partial charge in [0.25, 0.3) is 0 Å². The molecule has 3 aromatic carbocycles. The third kappa shape index (κ3) is 3.42. The summed E-state index contributed by atoms with van der Waals surface area (Å²) in [7, 11) is 0. The largest absolute Gasteiger partial charge is 0.355 e. The first kappa shape index (κ1) is 13.3. The molecule has 0 amide bonds. The fourth-order valence-corrected chi connectivity index (χ4v) is 2.20. The standard InChI is InChI=1S/C19H18N2/c1-15-12-13-18(20-16-8-4-2-5-9-16)14-19(15)21-17-10-6-3-7-11-17/h2-14,20-21H,1H3. The Balaban J connectivity index is 1.83. The molecule has 0 bridgehead atoms. The molecule has 3 rings (SSSR count). The minimum atomic E-state index is 1.07. The molecule has 21 heavy (non-hydrogen) atoms. The molecule has 2 heteroatoms. The highest BCUT2D eigenvalue weighted by Crippen LogP contribution is 2.26. The van der Waals surface area contributed by atoms with E-state index in [1.165, 1.54) is 5.56 Å². The van der Waals surface area contributed by atoms with Crippen molar-refractivity contribution in [3.05, 3.63) is 84.4 Å². The molecule has 0 heterocycles. The molecule has 0 aliphatic carbocycles. The molecule has 2 N–H and O–H groups in total. The maximum Gasteiger partial charge on any atom is 0.0434 e. The highest BCUT2D eigenvalue weighted by molar-refractivity contribution is 5.70. The average molecular weight is 274 g/mol. The minimum absolute atomic E-state index is 1.07. The number of anilines is 4. The Morgan fingerprint density at radius 3 is 1.76 bits per heavy atom. The van der Waals surface area contributed by atoms with Crippen molar-refractivity contribution in [1.82, 2.24) is 0 Å². The third-order valence-corrected chi connectivity index (χ3v) is 3.35. The van der Waals surface area contributed by atoms with E-state index in [4.69, 9.17) is 0 Å². The van der Waals surface area contributed by atoms with Gasteiger partial charge >= 0.3 is 0 Å². The van der Waals surface area contributed by atoms with Crippen LogP contribution in [0.1, 0.15) is 5.56 Å². The van der Waals surface area contributed by atoms with Crippen LogP contribution in [0.2, 0.25) is 0 Å². The summed E-state index contributed by atoms with van der Waals surface area (Å²) in [6.45, 7) is 2.11. The van der Waals surface area contributed by atoms with Gasteiger partial charge < -0.3 is 10.6 Å². The van der Waals surface area contributed by atoms with Crippen LogP contribution in [0.4, 0.5) is 22.7 Å². The molecule has 3 aromatic rings. The van der Waals surface area contributed by atoms with Gasteiger partial charge in [0.2, 0.25) is 0 Å². The normalized spacial score (nSPS) is 10.1. The molecule has 0 atom stereocenters. The molecule has 0 radical (unpaired) electrons. The Labute approximate surface area is 125 Å². The third-order valence-electron chi connectivity index (χ3n) is 3.35. The summed E-state index contributed by atoms with van der Waals surface area (Å²) in [6, 6.07) is 26.8. The van der Waals surface area contributed by atoms with E-state index in [2.05, 4.69) is 60.0 Å². The zero-order valence-electron chi connectivity index (χ0n) is 12.0. The van der Waals surface area contributed by atoms with Crippen LogP contribution in [0.25, 0.3) is 0 Å². The Hall–Kier alpha value is -2.74. The number of rotatable bonds is 4. The monoisotopic (exact) mass is 274 g/mol. The van der Waals surface area contributed by atoms with Crippen LogP contribution in [-0.2, 0) is 0 Å². The van der Waals surface area contributed by atoms with Gasteiger partial charge in [-0.25, -0.2) is 0 Å². The molecule has 0 fully saturated rings. The van der Waals surface area contributed by atoms with Crippen molar-refractivity contribution in [3.63, 3.8) is 0 Å². The summed E-state index contributed by atoms with van der Waals surface area (Å²) in [5, 5.41) is 6.88. The molecular weight excluding hydrogens is 256 g/mol. The highest BCUT2D eigenvalue weighted by Gasteiger charge is 2.01. The summed E-state index contributed by atoms with van der Waals surface area (Å²) >= 11 is 0. The van der Waals surface area contributed by atoms with Crippen LogP contribution in [-0.4, -0.2) is 0 Å². The van der Waals surface area contributed by atoms with Gasteiger partial charge in [-0.3, -0.25) is 0 Å². The molecule has 0 aliphatic rings. The van der Waals surface area contributed by atoms with Crippen molar-refractivity contribution in [1.29, 1.82) is 0 Å². The molecule has 0 unspecified atom stereocenters. The molecule has 0 saturated carbocycles. The van der Waals surface area contributed by atoms with Gasteiger partial charge in [-0.1, -0.05) is 42.5 Å². The second kappa shape index (κ2) is 6.14. The van der Waals surface area contributed by atoms with Crippen LogP contribution in [0.5, 0.6) is 0 Å². The van der Waals surface area contributed by atoms with Gasteiger partial charge in [0.05, 0.1) is 0 Å². The van der Waals surface area contributed by atoms with Crippen LogP contribution in [0, 0.1) is 6.92 Å². The van der Waals surface area contributed by atoms with Crippen molar-refractivity contribution in [3.8, 4) is 0 Å². The fraction of sp³-hybridized carbons (Fsp3) is 0.0526. The van der Waals surface area contributed by atoms with E-state index in [1.54, 1.807) is 0 Å². The summed E-state index contributed by atoms with van der Waals surface area (Å²) in [6.07, 6.45) is 0. The Morgan fingerprint density at radius 1 is 0.571 bits per heavy atom. The number of para-hydroxylation sites is 2. The van der Waals surface area contributed by atoms with Gasteiger partial charge in [0.15, 0.2) is 0 Å². The summed E-state index contributed by atoms with van der Waals surface area (Å²) in [5.41, 5.74) is 5.59. The van der Waals surface area contributed by atoms with Crippen molar-refractivity contribution in [2.75, 3.05) is 10.6 Å². The van der Waals surface area contributed by atoms with E-state index >= 15 is 0 Å². The SMILES string of the molecule is Cc1ccc(Nc2ccccc2)cc1Nc1ccccc1. The molecule has 2 nitrogen and oxygen atoms in total. The Morgan fingerprint density at radius 2 is 1.14 bits per heavy atom. The second-order valence-corrected chi connectivity index (χ2v) is 5.01. The number of hydrogen-bond donors (Lipinski definition) is 2. The maximum absolute atomic E-state index is 3.46. The van der Waals surface area contributed by atoms with Crippen LogP contribution < -0.4 is 10.6 Å². The lowest BCUT2D eigenvalue weighted by atomic mass is 10.1. The number of nitrogens with one attached hydrogen (secondary N) is 2.